The molecule has 0 bridgehead atoms. The second-order valence-corrected chi connectivity index (χ2v) is 4.39. The molecule has 2 saturated heterocycles. The lowest BCUT2D eigenvalue weighted by atomic mass is 9.86. The van der Waals surface area contributed by atoms with Gasteiger partial charge in [0.1, 0.15) is 5.78 Å². The summed E-state index contributed by atoms with van der Waals surface area (Å²) in [6.07, 6.45) is 2.31. The maximum atomic E-state index is 11.6. The van der Waals surface area contributed by atoms with Gasteiger partial charge in [-0.2, -0.15) is 5.06 Å². The van der Waals surface area contributed by atoms with Crippen LogP contribution in [-0.4, -0.2) is 42.6 Å². The van der Waals surface area contributed by atoms with Crippen molar-refractivity contribution in [2.45, 2.75) is 38.3 Å². The molecule has 0 unspecified atom stereocenters. The van der Waals surface area contributed by atoms with Crippen LogP contribution in [-0.2, 0) is 19.2 Å². The van der Waals surface area contributed by atoms with Crippen LogP contribution in [0.4, 0.5) is 0 Å². The van der Waals surface area contributed by atoms with E-state index >= 15 is 0 Å². The zero-order valence-electron chi connectivity index (χ0n) is 9.64. The second kappa shape index (κ2) is 4.51. The summed E-state index contributed by atoms with van der Waals surface area (Å²) >= 11 is 0. The van der Waals surface area contributed by atoms with Crippen LogP contribution in [0.3, 0.4) is 0 Å². The summed E-state index contributed by atoms with van der Waals surface area (Å²) in [4.78, 5) is 28.7. The number of piperidine rings is 1. The first kappa shape index (κ1) is 11.5. The summed E-state index contributed by atoms with van der Waals surface area (Å²) in [6.45, 7) is 2.31. The number of Topliss-reactive ketones (excluding diaryl/α,β-unsaturated/α-hetero) is 1. The Balaban J connectivity index is 2.19. The highest BCUT2D eigenvalue weighted by Crippen LogP contribution is 2.35. The van der Waals surface area contributed by atoms with Crippen LogP contribution < -0.4 is 0 Å². The van der Waals surface area contributed by atoms with Crippen LogP contribution in [0.2, 0.25) is 0 Å². The molecule has 0 radical (unpaired) electrons. The molecule has 16 heavy (non-hydrogen) atoms. The third-order valence-corrected chi connectivity index (χ3v) is 3.39. The number of ether oxygens (including phenoxy) is 1. The lowest BCUT2D eigenvalue weighted by molar-refractivity contribution is -0.192. The lowest BCUT2D eigenvalue weighted by Gasteiger charge is -2.28. The maximum absolute atomic E-state index is 11.6. The monoisotopic (exact) mass is 227 g/mol. The molecule has 2 heterocycles. The third-order valence-electron chi connectivity index (χ3n) is 3.39. The fourth-order valence-electron chi connectivity index (χ4n) is 2.62. The summed E-state index contributed by atoms with van der Waals surface area (Å²) in [5.74, 6) is -0.813. The number of hydrogen-bond acceptors (Lipinski definition) is 5. The predicted molar refractivity (Wildman–Crippen MR) is 55.4 cm³/mol. The van der Waals surface area contributed by atoms with Gasteiger partial charge in [-0.3, -0.25) is 9.63 Å². The first-order chi connectivity index (χ1) is 7.65. The molecule has 0 aromatic carbocycles. The average molecular weight is 227 g/mol. The molecule has 2 aliphatic rings. The van der Waals surface area contributed by atoms with Crippen molar-refractivity contribution in [3.05, 3.63) is 0 Å². The molecule has 0 aliphatic carbocycles. The molecule has 0 N–H and O–H groups in total. The van der Waals surface area contributed by atoms with E-state index in [-0.39, 0.29) is 17.7 Å². The standard InChI is InChI=1S/C11H17NO4/c1-7(13)9-8-5-3-4-6-12(8)16-10(9)11(14)15-2/h8-10H,3-6H2,1-2H3/t8-,9-,10-/m1/s1. The molecular formula is C11H17NO4. The topological polar surface area (TPSA) is 55.8 Å². The second-order valence-electron chi connectivity index (χ2n) is 4.39. The smallest absolute Gasteiger partial charge is 0.337 e. The zero-order chi connectivity index (χ0) is 11.7. The largest absolute Gasteiger partial charge is 0.467 e. The molecule has 2 rings (SSSR count). The van der Waals surface area contributed by atoms with Gasteiger partial charge >= 0.3 is 5.97 Å². The molecular weight excluding hydrogens is 210 g/mol. The molecule has 2 fully saturated rings. The third kappa shape index (κ3) is 1.85. The Kier molecular flexibility index (Phi) is 3.25. The van der Waals surface area contributed by atoms with E-state index in [1.807, 2.05) is 0 Å². The number of rotatable bonds is 2. The Labute approximate surface area is 94.6 Å². The van der Waals surface area contributed by atoms with Crippen molar-refractivity contribution in [1.29, 1.82) is 0 Å². The molecule has 0 spiro atoms. The van der Waals surface area contributed by atoms with Gasteiger partial charge in [0, 0.05) is 12.6 Å². The number of carbonyl (C=O) groups is 2. The Hall–Kier alpha value is -0.940. The number of esters is 1. The van der Waals surface area contributed by atoms with Gasteiger partial charge in [0.05, 0.1) is 13.0 Å². The van der Waals surface area contributed by atoms with E-state index in [4.69, 9.17) is 4.84 Å². The van der Waals surface area contributed by atoms with Crippen molar-refractivity contribution in [3.8, 4) is 0 Å². The number of hydrogen-bond donors (Lipinski definition) is 0. The van der Waals surface area contributed by atoms with Gasteiger partial charge in [0.2, 0.25) is 0 Å². The van der Waals surface area contributed by atoms with Gasteiger partial charge in [-0.15, -0.1) is 0 Å². The highest BCUT2D eigenvalue weighted by molar-refractivity contribution is 5.87. The van der Waals surface area contributed by atoms with Crippen molar-refractivity contribution < 1.29 is 19.2 Å². The van der Waals surface area contributed by atoms with E-state index in [0.29, 0.717) is 0 Å². The van der Waals surface area contributed by atoms with E-state index < -0.39 is 12.1 Å². The van der Waals surface area contributed by atoms with Crippen molar-refractivity contribution in [2.75, 3.05) is 13.7 Å². The van der Waals surface area contributed by atoms with Crippen molar-refractivity contribution >= 4 is 11.8 Å². The fraction of sp³-hybridized carbons (Fsp3) is 0.818. The van der Waals surface area contributed by atoms with E-state index in [9.17, 15) is 9.59 Å². The summed E-state index contributed by atoms with van der Waals surface area (Å²) in [6, 6.07) is 0.0512. The van der Waals surface area contributed by atoms with E-state index in [2.05, 4.69) is 4.74 Å². The van der Waals surface area contributed by atoms with Crippen molar-refractivity contribution in [2.24, 2.45) is 5.92 Å². The van der Waals surface area contributed by atoms with Gasteiger partial charge in [-0.25, -0.2) is 4.79 Å². The van der Waals surface area contributed by atoms with Crippen LogP contribution in [0.15, 0.2) is 0 Å². The van der Waals surface area contributed by atoms with Crippen LogP contribution in [0.25, 0.3) is 0 Å². The first-order valence-corrected chi connectivity index (χ1v) is 5.67. The Morgan fingerprint density at radius 3 is 2.75 bits per heavy atom. The van der Waals surface area contributed by atoms with Gasteiger partial charge < -0.3 is 4.74 Å². The normalized spacial score (nSPS) is 34.5. The lowest BCUT2D eigenvalue weighted by Crippen LogP contribution is -2.39. The molecule has 0 saturated carbocycles. The van der Waals surface area contributed by atoms with E-state index in [1.54, 1.807) is 5.06 Å². The molecule has 5 heteroatoms. The van der Waals surface area contributed by atoms with Crippen LogP contribution in [0.5, 0.6) is 0 Å². The molecule has 90 valence electrons. The molecule has 0 aromatic heterocycles. The quantitative estimate of drug-likeness (QED) is 0.644. The van der Waals surface area contributed by atoms with Gasteiger partial charge in [0.25, 0.3) is 0 Å². The minimum atomic E-state index is -0.745. The maximum Gasteiger partial charge on any atom is 0.337 e. The predicted octanol–water partition coefficient (Wildman–Crippen LogP) is 0.533. The number of carbonyl (C=O) groups excluding carboxylic acids is 2. The number of ketones is 1. The van der Waals surface area contributed by atoms with Crippen LogP contribution >= 0.6 is 0 Å². The highest BCUT2D eigenvalue weighted by Gasteiger charge is 2.50. The summed E-state index contributed by atoms with van der Waals surface area (Å²) in [5, 5.41) is 1.79. The number of nitrogens with zero attached hydrogens (tertiary/aromatic N) is 1. The van der Waals surface area contributed by atoms with Crippen molar-refractivity contribution in [3.63, 3.8) is 0 Å². The van der Waals surface area contributed by atoms with Gasteiger partial charge in [-0.05, 0) is 19.8 Å². The molecule has 5 nitrogen and oxygen atoms in total. The summed E-state index contributed by atoms with van der Waals surface area (Å²) in [7, 11) is 1.32. The summed E-state index contributed by atoms with van der Waals surface area (Å²) < 4.78 is 4.68. The number of hydroxylamine groups is 2. The Morgan fingerprint density at radius 2 is 2.12 bits per heavy atom. The van der Waals surface area contributed by atoms with Crippen LogP contribution in [0.1, 0.15) is 26.2 Å². The highest BCUT2D eigenvalue weighted by atomic mass is 16.7. The Morgan fingerprint density at radius 1 is 1.38 bits per heavy atom. The van der Waals surface area contributed by atoms with Gasteiger partial charge in [-0.1, -0.05) is 6.42 Å². The minimum absolute atomic E-state index is 0.00444. The number of fused-ring (bicyclic) bond motifs is 1. The Bertz CT molecular complexity index is 304. The number of methoxy groups -OCH3 is 1. The fourth-order valence-corrected chi connectivity index (χ4v) is 2.62. The van der Waals surface area contributed by atoms with E-state index in [0.717, 1.165) is 25.8 Å². The summed E-state index contributed by atoms with van der Waals surface area (Å²) in [5.41, 5.74) is 0. The first-order valence-electron chi connectivity index (χ1n) is 5.67. The minimum Gasteiger partial charge on any atom is -0.467 e. The SMILES string of the molecule is COC(=O)[C@@H]1ON2CCCC[C@@H]2[C@H]1C(C)=O. The van der Waals surface area contributed by atoms with E-state index in [1.165, 1.54) is 14.0 Å². The average Bonchev–Trinajstić information content (AvgIpc) is 2.67. The molecule has 3 atom stereocenters. The van der Waals surface area contributed by atoms with Crippen LogP contribution in [0, 0.1) is 5.92 Å². The molecule has 0 amide bonds. The molecule has 2 aliphatic heterocycles. The zero-order valence-corrected chi connectivity index (χ0v) is 9.64. The van der Waals surface area contributed by atoms with Gasteiger partial charge in [0.15, 0.2) is 6.10 Å². The van der Waals surface area contributed by atoms with Crippen molar-refractivity contribution in [1.82, 2.24) is 5.06 Å². The molecule has 0 aromatic rings.